The summed E-state index contributed by atoms with van der Waals surface area (Å²) in [5, 5.41) is 8.67. The number of hydrogen-bond acceptors (Lipinski definition) is 7. The molecule has 28 heavy (non-hydrogen) atoms. The zero-order valence-corrected chi connectivity index (χ0v) is 16.1. The van der Waals surface area contributed by atoms with E-state index in [1.54, 1.807) is 24.3 Å². The SMILES string of the molecule is C=C1NC(=O)[C@@H](CC(=O)Nc2ccccc2NC(=O)CC2SC(=O)NC2=O)S1. The van der Waals surface area contributed by atoms with E-state index in [1.165, 1.54) is 11.8 Å². The highest BCUT2D eigenvalue weighted by Crippen LogP contribution is 2.29. The molecule has 146 valence electrons. The molecule has 11 heteroatoms. The maximum absolute atomic E-state index is 12.3. The van der Waals surface area contributed by atoms with E-state index in [4.69, 9.17) is 0 Å². The molecule has 9 nitrogen and oxygen atoms in total. The van der Waals surface area contributed by atoms with Crippen LogP contribution in [-0.4, -0.2) is 39.4 Å². The summed E-state index contributed by atoms with van der Waals surface area (Å²) in [6.07, 6.45) is -0.218. The third-order valence-corrected chi connectivity index (χ3v) is 5.86. The molecule has 2 aliphatic heterocycles. The van der Waals surface area contributed by atoms with E-state index in [1.807, 2.05) is 0 Å². The van der Waals surface area contributed by atoms with Crippen molar-refractivity contribution in [2.45, 2.75) is 23.3 Å². The Morgan fingerprint density at radius 3 is 1.82 bits per heavy atom. The van der Waals surface area contributed by atoms with Crippen LogP contribution in [0.5, 0.6) is 0 Å². The molecule has 2 atom stereocenters. The molecule has 2 fully saturated rings. The van der Waals surface area contributed by atoms with Gasteiger partial charge in [0.05, 0.1) is 21.7 Å². The quantitative estimate of drug-likeness (QED) is 0.547. The Morgan fingerprint density at radius 2 is 1.39 bits per heavy atom. The number of benzene rings is 1. The predicted octanol–water partition coefficient (Wildman–Crippen LogP) is 1.40. The Bertz CT molecular complexity index is 817. The molecule has 0 saturated carbocycles. The molecule has 0 aliphatic carbocycles. The fourth-order valence-electron chi connectivity index (χ4n) is 2.57. The number of imide groups is 1. The summed E-state index contributed by atoms with van der Waals surface area (Å²) in [6, 6.07) is 6.56. The van der Waals surface area contributed by atoms with Gasteiger partial charge in [-0.15, -0.1) is 0 Å². The van der Waals surface area contributed by atoms with Crippen molar-refractivity contribution in [2.24, 2.45) is 0 Å². The van der Waals surface area contributed by atoms with E-state index >= 15 is 0 Å². The van der Waals surface area contributed by atoms with Crippen LogP contribution in [0.1, 0.15) is 12.8 Å². The molecule has 2 aliphatic rings. The van der Waals surface area contributed by atoms with E-state index in [2.05, 4.69) is 27.8 Å². The molecule has 4 N–H and O–H groups in total. The summed E-state index contributed by atoms with van der Waals surface area (Å²) >= 11 is 1.96. The maximum Gasteiger partial charge on any atom is 0.286 e. The average Bonchev–Trinajstić information content (AvgIpc) is 3.09. The minimum Gasteiger partial charge on any atom is -0.324 e. The lowest BCUT2D eigenvalue weighted by Gasteiger charge is -2.13. The zero-order valence-electron chi connectivity index (χ0n) is 14.4. The van der Waals surface area contributed by atoms with Gasteiger partial charge in [-0.1, -0.05) is 42.2 Å². The standard InChI is InChI=1S/C17H16N4O5S2/c1-8-18-15(24)11(27-8)6-13(22)19-9-4-2-3-5-10(9)20-14(23)7-12-16(25)21-17(26)28-12/h2-5,11-12H,1,6-7H2,(H,18,24)(H,19,22)(H,20,23)(H,21,25,26)/t11-,12?/m1/s1. The van der Waals surface area contributed by atoms with Gasteiger partial charge in [-0.05, 0) is 12.1 Å². The number of anilines is 2. The Hall–Kier alpha value is -2.79. The number of hydrogen-bond donors (Lipinski definition) is 4. The van der Waals surface area contributed by atoms with E-state index in [9.17, 15) is 24.0 Å². The fourth-order valence-corrected chi connectivity index (χ4v) is 4.30. The van der Waals surface area contributed by atoms with Crippen molar-refractivity contribution in [2.75, 3.05) is 10.6 Å². The number of nitrogens with one attached hydrogen (secondary N) is 4. The van der Waals surface area contributed by atoms with Gasteiger partial charge in [0.15, 0.2) is 0 Å². The number of carbonyl (C=O) groups is 5. The lowest BCUT2D eigenvalue weighted by atomic mass is 10.2. The monoisotopic (exact) mass is 420 g/mol. The van der Waals surface area contributed by atoms with Crippen molar-refractivity contribution >= 4 is 63.8 Å². The highest BCUT2D eigenvalue weighted by molar-refractivity contribution is 8.15. The second-order valence-electron chi connectivity index (χ2n) is 5.95. The third-order valence-electron chi connectivity index (χ3n) is 3.82. The van der Waals surface area contributed by atoms with Crippen LogP contribution in [-0.2, 0) is 19.2 Å². The van der Waals surface area contributed by atoms with Gasteiger partial charge in [0.25, 0.3) is 5.24 Å². The van der Waals surface area contributed by atoms with Crippen molar-refractivity contribution in [1.82, 2.24) is 10.6 Å². The molecule has 3 rings (SSSR count). The summed E-state index contributed by atoms with van der Waals surface area (Å²) in [4.78, 5) is 59.0. The summed E-state index contributed by atoms with van der Waals surface area (Å²) in [5.74, 6) is -1.62. The van der Waals surface area contributed by atoms with Crippen LogP contribution in [0.15, 0.2) is 35.9 Å². The van der Waals surface area contributed by atoms with Crippen molar-refractivity contribution in [3.05, 3.63) is 35.9 Å². The van der Waals surface area contributed by atoms with Crippen molar-refractivity contribution in [3.8, 4) is 0 Å². The highest BCUT2D eigenvalue weighted by atomic mass is 32.2. The minimum atomic E-state index is -0.778. The first-order chi connectivity index (χ1) is 13.3. The van der Waals surface area contributed by atoms with Gasteiger partial charge >= 0.3 is 0 Å². The highest BCUT2D eigenvalue weighted by Gasteiger charge is 2.33. The molecule has 5 amide bonds. The van der Waals surface area contributed by atoms with Crippen molar-refractivity contribution in [3.63, 3.8) is 0 Å². The second-order valence-corrected chi connectivity index (χ2v) is 8.43. The maximum atomic E-state index is 12.3. The molecule has 1 aromatic rings. The minimum absolute atomic E-state index is 0.0429. The fraction of sp³-hybridized carbons (Fsp3) is 0.235. The number of rotatable bonds is 6. The summed E-state index contributed by atoms with van der Waals surface area (Å²) in [7, 11) is 0. The van der Waals surface area contributed by atoms with Crippen LogP contribution in [0.2, 0.25) is 0 Å². The van der Waals surface area contributed by atoms with Crippen LogP contribution in [0.3, 0.4) is 0 Å². The van der Waals surface area contributed by atoms with Gasteiger partial charge in [0.1, 0.15) is 5.25 Å². The molecule has 2 heterocycles. The van der Waals surface area contributed by atoms with E-state index in [0.29, 0.717) is 16.4 Å². The lowest BCUT2D eigenvalue weighted by Crippen LogP contribution is -2.28. The number of para-hydroxylation sites is 2. The van der Waals surface area contributed by atoms with Gasteiger partial charge in [0.2, 0.25) is 23.6 Å². The topological polar surface area (TPSA) is 133 Å². The molecule has 0 bridgehead atoms. The first kappa shape index (κ1) is 20.0. The van der Waals surface area contributed by atoms with Crippen LogP contribution in [0.4, 0.5) is 16.2 Å². The van der Waals surface area contributed by atoms with Gasteiger partial charge in [-0.3, -0.25) is 29.3 Å². The van der Waals surface area contributed by atoms with Gasteiger partial charge in [0, 0.05) is 12.8 Å². The summed E-state index contributed by atoms with van der Waals surface area (Å²) in [5.41, 5.74) is 0.714. The molecule has 2 saturated heterocycles. The molecule has 0 aromatic heterocycles. The molecular formula is C17H16N4O5S2. The largest absolute Gasteiger partial charge is 0.324 e. The Balaban J connectivity index is 1.59. The van der Waals surface area contributed by atoms with E-state index in [-0.39, 0.29) is 24.7 Å². The third kappa shape index (κ3) is 4.93. The molecule has 1 aromatic carbocycles. The summed E-state index contributed by atoms with van der Waals surface area (Å²) < 4.78 is 0. The smallest absolute Gasteiger partial charge is 0.286 e. The lowest BCUT2D eigenvalue weighted by molar-refractivity contribution is -0.122. The molecule has 0 radical (unpaired) electrons. The van der Waals surface area contributed by atoms with E-state index < -0.39 is 27.6 Å². The average molecular weight is 420 g/mol. The van der Waals surface area contributed by atoms with Crippen LogP contribution < -0.4 is 21.3 Å². The van der Waals surface area contributed by atoms with Crippen molar-refractivity contribution in [1.29, 1.82) is 0 Å². The van der Waals surface area contributed by atoms with Crippen LogP contribution in [0, 0.1) is 0 Å². The first-order valence-corrected chi connectivity index (χ1v) is 9.94. The Morgan fingerprint density at radius 1 is 0.893 bits per heavy atom. The van der Waals surface area contributed by atoms with Gasteiger partial charge in [-0.25, -0.2) is 0 Å². The predicted molar refractivity (Wildman–Crippen MR) is 107 cm³/mol. The van der Waals surface area contributed by atoms with Crippen LogP contribution in [0.25, 0.3) is 0 Å². The van der Waals surface area contributed by atoms with Crippen LogP contribution >= 0.6 is 23.5 Å². The zero-order chi connectivity index (χ0) is 20.3. The molecule has 1 unspecified atom stereocenters. The van der Waals surface area contributed by atoms with Gasteiger partial charge in [-0.2, -0.15) is 0 Å². The number of thioether (sulfide) groups is 2. The number of carbonyl (C=O) groups excluding carboxylic acids is 5. The molecular weight excluding hydrogens is 404 g/mol. The second kappa shape index (κ2) is 8.48. The molecule has 0 spiro atoms. The normalized spacial score (nSPS) is 21.3. The summed E-state index contributed by atoms with van der Waals surface area (Å²) in [6.45, 7) is 3.65. The van der Waals surface area contributed by atoms with Gasteiger partial charge < -0.3 is 16.0 Å². The Kier molecular flexibility index (Phi) is 6.05. The van der Waals surface area contributed by atoms with E-state index in [0.717, 1.165) is 11.8 Å². The number of amides is 5. The van der Waals surface area contributed by atoms with Crippen molar-refractivity contribution < 1.29 is 24.0 Å². The first-order valence-electron chi connectivity index (χ1n) is 8.18. The Labute approximate surface area is 168 Å².